The Morgan fingerprint density at radius 2 is 2.25 bits per heavy atom. The second kappa shape index (κ2) is 4.70. The summed E-state index contributed by atoms with van der Waals surface area (Å²) in [5.74, 6) is 1.60. The van der Waals surface area contributed by atoms with Crippen LogP contribution in [-0.4, -0.2) is 42.1 Å². The van der Waals surface area contributed by atoms with E-state index in [9.17, 15) is 0 Å². The molecule has 1 aliphatic heterocycles. The first-order valence-corrected chi connectivity index (χ1v) is 5.92. The molecule has 1 saturated heterocycles. The second-order valence-corrected chi connectivity index (χ2v) is 4.34. The van der Waals surface area contributed by atoms with Gasteiger partial charge in [-0.3, -0.25) is 4.90 Å². The van der Waals surface area contributed by atoms with Gasteiger partial charge in [0.05, 0.1) is 0 Å². The zero-order valence-electron chi connectivity index (χ0n) is 10.1. The molecule has 4 heteroatoms. The highest BCUT2D eigenvalue weighted by molar-refractivity contribution is 5.45. The Kier molecular flexibility index (Phi) is 3.29. The van der Waals surface area contributed by atoms with E-state index in [0.717, 1.165) is 32.0 Å². The first kappa shape index (κ1) is 11.2. The number of hydrogen-bond donors (Lipinski definition) is 1. The van der Waals surface area contributed by atoms with E-state index in [1.54, 1.807) is 0 Å². The Balaban J connectivity index is 2.07. The molecule has 2 N–H and O–H groups in total. The Morgan fingerprint density at radius 3 is 2.88 bits per heavy atom. The number of nitrogens with two attached hydrogens (primary N) is 1. The second-order valence-electron chi connectivity index (χ2n) is 4.34. The first-order valence-electron chi connectivity index (χ1n) is 5.92. The van der Waals surface area contributed by atoms with E-state index in [-0.39, 0.29) is 0 Å². The van der Waals surface area contributed by atoms with Crippen LogP contribution < -0.4 is 10.6 Å². The highest BCUT2D eigenvalue weighted by Gasteiger charge is 2.22. The standard InChI is InChI=1S/C12H20N4/c1-3-15-7-8-16(9-10(15)2)12-6-4-5-11(13)14-12/h4-6,10H,3,7-9H2,1-2H3,(H2,13,14). The SMILES string of the molecule is CCN1CCN(c2cccc(N)n2)CC1C. The Labute approximate surface area is 97.1 Å². The topological polar surface area (TPSA) is 45.4 Å². The number of nitrogens with zero attached hydrogens (tertiary/aromatic N) is 3. The van der Waals surface area contributed by atoms with Gasteiger partial charge in [-0.2, -0.15) is 0 Å². The summed E-state index contributed by atoms with van der Waals surface area (Å²) in [5, 5.41) is 0. The van der Waals surface area contributed by atoms with Gasteiger partial charge in [0.2, 0.25) is 0 Å². The van der Waals surface area contributed by atoms with Crippen LogP contribution in [0.15, 0.2) is 18.2 Å². The van der Waals surface area contributed by atoms with Gasteiger partial charge in [0.25, 0.3) is 0 Å². The van der Waals surface area contributed by atoms with Crippen LogP contribution in [0.1, 0.15) is 13.8 Å². The maximum absolute atomic E-state index is 5.71. The summed E-state index contributed by atoms with van der Waals surface area (Å²) in [6, 6.07) is 6.41. The molecule has 1 fully saturated rings. The minimum Gasteiger partial charge on any atom is -0.384 e. The van der Waals surface area contributed by atoms with E-state index in [2.05, 4.69) is 28.6 Å². The molecule has 1 aromatic rings. The zero-order chi connectivity index (χ0) is 11.5. The quantitative estimate of drug-likeness (QED) is 0.813. The molecule has 1 aliphatic rings. The molecule has 2 rings (SSSR count). The van der Waals surface area contributed by atoms with Crippen molar-refractivity contribution in [1.82, 2.24) is 9.88 Å². The minimum absolute atomic E-state index is 0.585. The smallest absolute Gasteiger partial charge is 0.131 e. The van der Waals surface area contributed by atoms with E-state index in [1.807, 2.05) is 18.2 Å². The summed E-state index contributed by atoms with van der Waals surface area (Å²) in [4.78, 5) is 9.17. The summed E-state index contributed by atoms with van der Waals surface area (Å²) in [7, 11) is 0. The summed E-state index contributed by atoms with van der Waals surface area (Å²) in [6.07, 6.45) is 0. The van der Waals surface area contributed by atoms with Crippen LogP contribution in [0.3, 0.4) is 0 Å². The van der Waals surface area contributed by atoms with Crippen molar-refractivity contribution in [2.45, 2.75) is 19.9 Å². The summed E-state index contributed by atoms with van der Waals surface area (Å²) < 4.78 is 0. The molecule has 0 spiro atoms. The van der Waals surface area contributed by atoms with Crippen molar-refractivity contribution in [2.24, 2.45) is 0 Å². The monoisotopic (exact) mass is 220 g/mol. The molecule has 1 unspecified atom stereocenters. The lowest BCUT2D eigenvalue weighted by Gasteiger charge is -2.39. The Morgan fingerprint density at radius 1 is 1.44 bits per heavy atom. The van der Waals surface area contributed by atoms with Crippen molar-refractivity contribution in [1.29, 1.82) is 0 Å². The third-order valence-corrected chi connectivity index (χ3v) is 3.25. The van der Waals surface area contributed by atoms with E-state index in [4.69, 9.17) is 5.73 Å². The lowest BCUT2D eigenvalue weighted by molar-refractivity contribution is 0.199. The highest BCUT2D eigenvalue weighted by Crippen LogP contribution is 2.17. The van der Waals surface area contributed by atoms with Gasteiger partial charge < -0.3 is 10.6 Å². The van der Waals surface area contributed by atoms with Gasteiger partial charge in [0.15, 0.2) is 0 Å². The fourth-order valence-electron chi connectivity index (χ4n) is 2.29. The van der Waals surface area contributed by atoms with Gasteiger partial charge in [-0.1, -0.05) is 13.0 Å². The average Bonchev–Trinajstić information content (AvgIpc) is 2.29. The highest BCUT2D eigenvalue weighted by atomic mass is 15.3. The Hall–Kier alpha value is -1.29. The maximum Gasteiger partial charge on any atom is 0.131 e. The molecular formula is C12H20N4. The molecule has 0 radical (unpaired) electrons. The molecule has 88 valence electrons. The largest absolute Gasteiger partial charge is 0.384 e. The van der Waals surface area contributed by atoms with Crippen LogP contribution in [0.2, 0.25) is 0 Å². The minimum atomic E-state index is 0.585. The molecule has 2 heterocycles. The average molecular weight is 220 g/mol. The molecule has 0 amide bonds. The molecular weight excluding hydrogens is 200 g/mol. The third kappa shape index (κ3) is 2.27. The van der Waals surface area contributed by atoms with Crippen LogP contribution >= 0.6 is 0 Å². The number of rotatable bonds is 2. The molecule has 0 aromatic carbocycles. The van der Waals surface area contributed by atoms with Crippen molar-refractivity contribution in [2.75, 3.05) is 36.8 Å². The molecule has 4 nitrogen and oxygen atoms in total. The van der Waals surface area contributed by atoms with Gasteiger partial charge in [-0.15, -0.1) is 0 Å². The number of piperazine rings is 1. The van der Waals surface area contributed by atoms with Crippen LogP contribution in [0.4, 0.5) is 11.6 Å². The van der Waals surface area contributed by atoms with Crippen molar-refractivity contribution < 1.29 is 0 Å². The molecule has 1 atom stereocenters. The number of pyridine rings is 1. The van der Waals surface area contributed by atoms with E-state index >= 15 is 0 Å². The lowest BCUT2D eigenvalue weighted by Crippen LogP contribution is -2.52. The first-order chi connectivity index (χ1) is 7.70. The van der Waals surface area contributed by atoms with E-state index < -0.39 is 0 Å². The zero-order valence-corrected chi connectivity index (χ0v) is 10.1. The molecule has 1 aromatic heterocycles. The summed E-state index contributed by atoms with van der Waals surface area (Å²) in [5.41, 5.74) is 5.71. The number of aromatic nitrogens is 1. The van der Waals surface area contributed by atoms with Crippen LogP contribution in [0.25, 0.3) is 0 Å². The van der Waals surface area contributed by atoms with Crippen molar-refractivity contribution in [3.8, 4) is 0 Å². The van der Waals surface area contributed by atoms with Gasteiger partial charge in [0.1, 0.15) is 11.6 Å². The van der Waals surface area contributed by atoms with Gasteiger partial charge >= 0.3 is 0 Å². The summed E-state index contributed by atoms with van der Waals surface area (Å²) in [6.45, 7) is 8.78. The van der Waals surface area contributed by atoms with E-state index in [1.165, 1.54) is 0 Å². The van der Waals surface area contributed by atoms with Crippen LogP contribution in [0, 0.1) is 0 Å². The number of anilines is 2. The number of likely N-dealkylation sites (N-methyl/N-ethyl adjacent to an activating group) is 1. The predicted octanol–water partition coefficient (Wildman–Crippen LogP) is 1.19. The van der Waals surface area contributed by atoms with Crippen LogP contribution in [-0.2, 0) is 0 Å². The molecule has 0 aliphatic carbocycles. The molecule has 0 saturated carbocycles. The summed E-state index contributed by atoms with van der Waals surface area (Å²) >= 11 is 0. The normalized spacial score (nSPS) is 22.4. The maximum atomic E-state index is 5.71. The van der Waals surface area contributed by atoms with Crippen LogP contribution in [0.5, 0.6) is 0 Å². The van der Waals surface area contributed by atoms with Gasteiger partial charge in [-0.25, -0.2) is 4.98 Å². The number of hydrogen-bond acceptors (Lipinski definition) is 4. The Bertz CT molecular complexity index is 353. The molecule has 0 bridgehead atoms. The van der Waals surface area contributed by atoms with Crippen molar-refractivity contribution in [3.05, 3.63) is 18.2 Å². The van der Waals surface area contributed by atoms with Crippen molar-refractivity contribution in [3.63, 3.8) is 0 Å². The van der Waals surface area contributed by atoms with Gasteiger partial charge in [0, 0.05) is 25.7 Å². The van der Waals surface area contributed by atoms with Gasteiger partial charge in [-0.05, 0) is 25.6 Å². The fraction of sp³-hybridized carbons (Fsp3) is 0.583. The van der Waals surface area contributed by atoms with Crippen molar-refractivity contribution >= 4 is 11.6 Å². The van der Waals surface area contributed by atoms with E-state index in [0.29, 0.717) is 11.9 Å². The molecule has 16 heavy (non-hydrogen) atoms. The predicted molar refractivity (Wildman–Crippen MR) is 67.6 cm³/mol. The third-order valence-electron chi connectivity index (χ3n) is 3.25. The fourth-order valence-corrected chi connectivity index (χ4v) is 2.29. The lowest BCUT2D eigenvalue weighted by atomic mass is 10.2. The number of nitrogen functional groups attached to an aromatic ring is 1.